The molecule has 1 aromatic rings. The zero-order valence-corrected chi connectivity index (χ0v) is 12.0. The smallest absolute Gasteiger partial charge is 0.182 e. The first-order valence-electron chi connectivity index (χ1n) is 7.20. The predicted octanol–water partition coefficient (Wildman–Crippen LogP) is 3.66. The summed E-state index contributed by atoms with van der Waals surface area (Å²) in [7, 11) is 0. The van der Waals surface area contributed by atoms with E-state index in [-0.39, 0.29) is 6.54 Å². The number of carbonyl (C=O) groups is 1. The largest absolute Gasteiger partial charge is 0.293 e. The van der Waals surface area contributed by atoms with Gasteiger partial charge in [0.2, 0.25) is 0 Å². The number of hydrogen-bond donors (Lipinski definition) is 0. The van der Waals surface area contributed by atoms with E-state index in [1.807, 2.05) is 0 Å². The first-order valence-corrected chi connectivity index (χ1v) is 7.20. The summed E-state index contributed by atoms with van der Waals surface area (Å²) < 4.78 is 27.2. The van der Waals surface area contributed by atoms with Gasteiger partial charge in [-0.25, -0.2) is 8.78 Å². The number of halogens is 2. The van der Waals surface area contributed by atoms with Gasteiger partial charge in [-0.2, -0.15) is 0 Å². The molecule has 4 heteroatoms. The first-order chi connectivity index (χ1) is 9.49. The Labute approximate surface area is 118 Å². The molecular formula is C16H21F2NO. The summed E-state index contributed by atoms with van der Waals surface area (Å²) in [5, 5.41) is 0. The maximum absolute atomic E-state index is 13.6. The lowest BCUT2D eigenvalue weighted by Gasteiger charge is -2.22. The third-order valence-electron chi connectivity index (χ3n) is 3.65. The molecule has 0 aliphatic heterocycles. The van der Waals surface area contributed by atoms with E-state index >= 15 is 0 Å². The molecule has 20 heavy (non-hydrogen) atoms. The Morgan fingerprint density at radius 1 is 1.30 bits per heavy atom. The number of ketones is 1. The molecule has 0 atom stereocenters. The highest BCUT2D eigenvalue weighted by Gasteiger charge is 2.31. The van der Waals surface area contributed by atoms with Crippen molar-refractivity contribution in [2.75, 3.05) is 13.1 Å². The zero-order chi connectivity index (χ0) is 14.7. The molecule has 1 aliphatic rings. The molecule has 1 saturated carbocycles. The van der Waals surface area contributed by atoms with Gasteiger partial charge in [0.05, 0.1) is 12.1 Å². The van der Waals surface area contributed by atoms with E-state index in [1.54, 1.807) is 0 Å². The highest BCUT2D eigenvalue weighted by atomic mass is 19.1. The lowest BCUT2D eigenvalue weighted by molar-refractivity contribution is 0.0912. The molecule has 0 amide bonds. The maximum atomic E-state index is 13.6. The van der Waals surface area contributed by atoms with E-state index in [9.17, 15) is 13.6 Å². The number of nitrogens with zero attached hydrogens (tertiary/aromatic N) is 1. The van der Waals surface area contributed by atoms with Gasteiger partial charge in [-0.05, 0) is 43.9 Å². The molecule has 0 saturated heterocycles. The molecule has 110 valence electrons. The van der Waals surface area contributed by atoms with Crippen LogP contribution >= 0.6 is 0 Å². The summed E-state index contributed by atoms with van der Waals surface area (Å²) in [5.41, 5.74) is -0.400. The lowest BCUT2D eigenvalue weighted by Crippen LogP contribution is -2.34. The van der Waals surface area contributed by atoms with Crippen molar-refractivity contribution in [3.63, 3.8) is 0 Å². The number of hydrogen-bond acceptors (Lipinski definition) is 2. The number of Topliss-reactive ketones (excluding diaryl/α,β-unsaturated/α-hetero) is 1. The van der Waals surface area contributed by atoms with Crippen LogP contribution in [0.3, 0.4) is 0 Å². The van der Waals surface area contributed by atoms with Gasteiger partial charge < -0.3 is 0 Å². The minimum Gasteiger partial charge on any atom is -0.293 e. The second-order valence-electron chi connectivity index (χ2n) is 5.90. The average molecular weight is 281 g/mol. The quantitative estimate of drug-likeness (QED) is 0.711. The van der Waals surface area contributed by atoms with E-state index in [0.717, 1.165) is 37.9 Å². The molecule has 1 fully saturated rings. The molecule has 0 radical (unpaired) electrons. The van der Waals surface area contributed by atoms with E-state index in [4.69, 9.17) is 0 Å². The summed E-state index contributed by atoms with van der Waals surface area (Å²) >= 11 is 0. The monoisotopic (exact) mass is 281 g/mol. The van der Waals surface area contributed by atoms with Gasteiger partial charge in [0.1, 0.15) is 11.6 Å². The Morgan fingerprint density at radius 2 is 1.90 bits per heavy atom. The van der Waals surface area contributed by atoms with Crippen molar-refractivity contribution in [1.29, 1.82) is 0 Å². The minimum absolute atomic E-state index is 0.106. The van der Waals surface area contributed by atoms with Crippen LogP contribution in [-0.4, -0.2) is 29.8 Å². The van der Waals surface area contributed by atoms with Crippen molar-refractivity contribution in [1.82, 2.24) is 4.90 Å². The van der Waals surface area contributed by atoms with E-state index in [1.165, 1.54) is 6.07 Å². The van der Waals surface area contributed by atoms with Crippen molar-refractivity contribution in [2.24, 2.45) is 5.92 Å². The Hall–Kier alpha value is -1.29. The Morgan fingerprint density at radius 3 is 2.40 bits per heavy atom. The number of rotatable bonds is 7. The molecule has 0 aromatic heterocycles. The topological polar surface area (TPSA) is 20.3 Å². The Kier molecular flexibility index (Phi) is 4.86. The first kappa shape index (κ1) is 15.1. The van der Waals surface area contributed by atoms with Gasteiger partial charge in [-0.15, -0.1) is 0 Å². The Bertz CT molecular complexity index is 463. The van der Waals surface area contributed by atoms with E-state index in [2.05, 4.69) is 18.7 Å². The molecule has 1 aromatic carbocycles. The summed E-state index contributed by atoms with van der Waals surface area (Å²) in [6.45, 7) is 5.17. The van der Waals surface area contributed by atoms with E-state index < -0.39 is 23.0 Å². The van der Waals surface area contributed by atoms with Crippen molar-refractivity contribution in [2.45, 2.75) is 39.2 Å². The van der Waals surface area contributed by atoms with Crippen LogP contribution in [0.25, 0.3) is 0 Å². The van der Waals surface area contributed by atoms with Crippen molar-refractivity contribution in [3.8, 4) is 0 Å². The molecule has 2 nitrogen and oxygen atoms in total. The summed E-state index contributed by atoms with van der Waals surface area (Å²) in [6, 6.07) is 3.95. The van der Waals surface area contributed by atoms with Gasteiger partial charge in [0.25, 0.3) is 0 Å². The minimum atomic E-state index is -0.769. The van der Waals surface area contributed by atoms with Crippen molar-refractivity contribution < 1.29 is 13.6 Å². The fourth-order valence-electron chi connectivity index (χ4n) is 2.28. The third kappa shape index (κ3) is 3.85. The molecule has 0 bridgehead atoms. The summed E-state index contributed by atoms with van der Waals surface area (Å²) in [4.78, 5) is 14.2. The standard InChI is InChI=1S/C16H21F2NO/c1-11(2)8-9-19(12-6-7-12)10-15(20)16-13(17)4-3-5-14(16)18/h3-5,11-12H,6-10H2,1-2H3. The maximum Gasteiger partial charge on any atom is 0.182 e. The van der Waals surface area contributed by atoms with Gasteiger partial charge in [0, 0.05) is 6.04 Å². The van der Waals surface area contributed by atoms with Crippen LogP contribution in [0.2, 0.25) is 0 Å². The van der Waals surface area contributed by atoms with Crippen molar-refractivity contribution in [3.05, 3.63) is 35.4 Å². The van der Waals surface area contributed by atoms with Crippen LogP contribution in [0.5, 0.6) is 0 Å². The second-order valence-corrected chi connectivity index (χ2v) is 5.90. The molecule has 0 spiro atoms. The molecule has 0 unspecified atom stereocenters. The van der Waals surface area contributed by atoms with Gasteiger partial charge >= 0.3 is 0 Å². The zero-order valence-electron chi connectivity index (χ0n) is 12.0. The highest BCUT2D eigenvalue weighted by Crippen LogP contribution is 2.28. The van der Waals surface area contributed by atoms with Gasteiger partial charge in [-0.1, -0.05) is 19.9 Å². The fourth-order valence-corrected chi connectivity index (χ4v) is 2.28. The molecule has 0 N–H and O–H groups in total. The highest BCUT2D eigenvalue weighted by molar-refractivity contribution is 5.98. The molecule has 1 aliphatic carbocycles. The Balaban J connectivity index is 2.04. The van der Waals surface area contributed by atoms with Crippen LogP contribution in [0, 0.1) is 17.6 Å². The van der Waals surface area contributed by atoms with Crippen LogP contribution < -0.4 is 0 Å². The molecule has 0 heterocycles. The summed E-state index contributed by atoms with van der Waals surface area (Å²) in [5.74, 6) is -1.45. The average Bonchev–Trinajstić information content (AvgIpc) is 3.18. The fraction of sp³-hybridized carbons (Fsp3) is 0.562. The van der Waals surface area contributed by atoms with E-state index in [0.29, 0.717) is 12.0 Å². The molecular weight excluding hydrogens is 260 g/mol. The van der Waals surface area contributed by atoms with Crippen molar-refractivity contribution >= 4 is 5.78 Å². The summed E-state index contributed by atoms with van der Waals surface area (Å²) in [6.07, 6.45) is 3.14. The van der Waals surface area contributed by atoms with Crippen LogP contribution in [0.15, 0.2) is 18.2 Å². The normalized spacial score (nSPS) is 15.1. The van der Waals surface area contributed by atoms with Crippen LogP contribution in [0.4, 0.5) is 8.78 Å². The molecule has 2 rings (SSSR count). The predicted molar refractivity (Wildman–Crippen MR) is 74.7 cm³/mol. The third-order valence-corrected chi connectivity index (χ3v) is 3.65. The number of benzene rings is 1. The van der Waals surface area contributed by atoms with Crippen LogP contribution in [-0.2, 0) is 0 Å². The SMILES string of the molecule is CC(C)CCN(CC(=O)c1c(F)cccc1F)C1CC1. The lowest BCUT2D eigenvalue weighted by atomic mass is 10.1. The van der Waals surface area contributed by atoms with Gasteiger partial charge in [0.15, 0.2) is 5.78 Å². The van der Waals surface area contributed by atoms with Crippen LogP contribution in [0.1, 0.15) is 43.5 Å². The van der Waals surface area contributed by atoms with Gasteiger partial charge in [-0.3, -0.25) is 9.69 Å². The second kappa shape index (κ2) is 6.44. The number of carbonyl (C=O) groups excluding carboxylic acids is 1.